The number of amides is 2. The van der Waals surface area contributed by atoms with Gasteiger partial charge in [0.25, 0.3) is 0 Å². The average Bonchev–Trinajstić information content (AvgIpc) is 2.97. The zero-order valence-corrected chi connectivity index (χ0v) is 17.7. The van der Waals surface area contributed by atoms with Gasteiger partial charge in [-0.2, -0.15) is 0 Å². The molecule has 166 valence electrons. The quantitative estimate of drug-likeness (QED) is 0.808. The fraction of sp³-hybridized carbons (Fsp3) is 0.435. The molecular formula is C23H28FN3O4. The highest BCUT2D eigenvalue weighted by Gasteiger charge is 2.42. The van der Waals surface area contributed by atoms with Crippen LogP contribution in [0.15, 0.2) is 48.5 Å². The van der Waals surface area contributed by atoms with Crippen LogP contribution in [0.1, 0.15) is 12.0 Å². The molecule has 0 aromatic heterocycles. The van der Waals surface area contributed by atoms with Crippen LogP contribution in [0, 0.1) is 5.82 Å². The summed E-state index contributed by atoms with van der Waals surface area (Å²) < 4.78 is 30.6. The summed E-state index contributed by atoms with van der Waals surface area (Å²) in [6.07, 6.45) is 0.863. The van der Waals surface area contributed by atoms with Gasteiger partial charge in [-0.3, -0.25) is 4.90 Å². The second-order valence-electron chi connectivity index (χ2n) is 7.88. The number of urea groups is 1. The van der Waals surface area contributed by atoms with Crippen molar-refractivity contribution in [3.8, 4) is 5.75 Å². The largest absolute Gasteiger partial charge is 0.497 e. The lowest BCUT2D eigenvalue weighted by molar-refractivity contribution is -0.260. The van der Waals surface area contributed by atoms with E-state index in [1.807, 2.05) is 18.2 Å². The Labute approximate surface area is 181 Å². The molecule has 2 fully saturated rings. The average molecular weight is 429 g/mol. The Morgan fingerprint density at radius 1 is 1.13 bits per heavy atom. The highest BCUT2D eigenvalue weighted by molar-refractivity contribution is 5.89. The van der Waals surface area contributed by atoms with Crippen molar-refractivity contribution in [2.75, 3.05) is 51.8 Å². The van der Waals surface area contributed by atoms with E-state index in [1.54, 1.807) is 30.2 Å². The lowest BCUT2D eigenvalue weighted by Crippen LogP contribution is -2.59. The highest BCUT2D eigenvalue weighted by atomic mass is 19.1. The second-order valence-corrected chi connectivity index (χ2v) is 7.88. The van der Waals surface area contributed by atoms with E-state index < -0.39 is 5.79 Å². The monoisotopic (exact) mass is 429 g/mol. The Balaban J connectivity index is 1.42. The molecule has 4 rings (SSSR count). The molecule has 2 amide bonds. The first kappa shape index (κ1) is 21.5. The zero-order chi connectivity index (χ0) is 21.7. The Hall–Kier alpha value is -2.68. The number of nitrogens with one attached hydrogen (secondary N) is 1. The molecule has 8 heteroatoms. The first-order valence-corrected chi connectivity index (χ1v) is 10.5. The van der Waals surface area contributed by atoms with Crippen molar-refractivity contribution in [2.45, 2.75) is 18.8 Å². The van der Waals surface area contributed by atoms with Crippen LogP contribution < -0.4 is 10.1 Å². The number of halogens is 1. The van der Waals surface area contributed by atoms with Gasteiger partial charge in [0.1, 0.15) is 11.6 Å². The molecule has 1 N–H and O–H groups in total. The van der Waals surface area contributed by atoms with Gasteiger partial charge in [-0.1, -0.05) is 18.2 Å². The Morgan fingerprint density at radius 2 is 1.94 bits per heavy atom. The first-order chi connectivity index (χ1) is 15.0. The SMILES string of the molecule is COc1cccc(NC(=O)N2CCOC3(CN(Cc4ccc(F)cc4)CCCO3)C2)c1. The highest BCUT2D eigenvalue weighted by Crippen LogP contribution is 2.26. The van der Waals surface area contributed by atoms with E-state index in [9.17, 15) is 9.18 Å². The number of anilines is 1. The number of hydrogen-bond acceptors (Lipinski definition) is 5. The van der Waals surface area contributed by atoms with E-state index >= 15 is 0 Å². The molecule has 2 aliphatic heterocycles. The summed E-state index contributed by atoms with van der Waals surface area (Å²) in [5.74, 6) is -0.437. The molecule has 0 bridgehead atoms. The Bertz CT molecular complexity index is 895. The first-order valence-electron chi connectivity index (χ1n) is 10.5. The van der Waals surface area contributed by atoms with Crippen LogP contribution in [0.5, 0.6) is 5.75 Å². The van der Waals surface area contributed by atoms with Crippen molar-refractivity contribution in [1.29, 1.82) is 0 Å². The summed E-state index contributed by atoms with van der Waals surface area (Å²) in [5.41, 5.74) is 1.70. The number of rotatable bonds is 4. The predicted octanol–water partition coefficient (Wildman–Crippen LogP) is 3.32. The maximum absolute atomic E-state index is 13.2. The molecule has 0 radical (unpaired) electrons. The van der Waals surface area contributed by atoms with Crippen molar-refractivity contribution in [3.05, 3.63) is 59.9 Å². The molecule has 2 saturated heterocycles. The fourth-order valence-corrected chi connectivity index (χ4v) is 4.01. The summed E-state index contributed by atoms with van der Waals surface area (Å²) >= 11 is 0. The molecule has 31 heavy (non-hydrogen) atoms. The van der Waals surface area contributed by atoms with Gasteiger partial charge in [0.15, 0.2) is 5.79 Å². The van der Waals surface area contributed by atoms with Crippen LogP contribution in [-0.4, -0.2) is 68.1 Å². The summed E-state index contributed by atoms with van der Waals surface area (Å²) in [7, 11) is 1.59. The van der Waals surface area contributed by atoms with Crippen molar-refractivity contribution < 1.29 is 23.4 Å². The van der Waals surface area contributed by atoms with Gasteiger partial charge in [-0.15, -0.1) is 0 Å². The van der Waals surface area contributed by atoms with Gasteiger partial charge in [0.2, 0.25) is 0 Å². The van der Waals surface area contributed by atoms with E-state index in [-0.39, 0.29) is 11.8 Å². The van der Waals surface area contributed by atoms with Crippen LogP contribution in [-0.2, 0) is 16.0 Å². The number of ether oxygens (including phenoxy) is 3. The summed E-state index contributed by atoms with van der Waals surface area (Å²) in [4.78, 5) is 16.9. The molecule has 1 unspecified atom stereocenters. The normalized spacial score (nSPS) is 22.2. The van der Waals surface area contributed by atoms with Gasteiger partial charge in [-0.05, 0) is 36.2 Å². The molecule has 2 aromatic carbocycles. The van der Waals surface area contributed by atoms with Crippen molar-refractivity contribution in [1.82, 2.24) is 9.80 Å². The van der Waals surface area contributed by atoms with E-state index in [4.69, 9.17) is 14.2 Å². The van der Waals surface area contributed by atoms with Gasteiger partial charge in [0, 0.05) is 31.4 Å². The van der Waals surface area contributed by atoms with Crippen LogP contribution >= 0.6 is 0 Å². The topological polar surface area (TPSA) is 63.3 Å². The maximum Gasteiger partial charge on any atom is 0.322 e. The molecule has 7 nitrogen and oxygen atoms in total. The van der Waals surface area contributed by atoms with E-state index in [0.29, 0.717) is 50.8 Å². The number of carbonyl (C=O) groups excluding carboxylic acids is 1. The summed E-state index contributed by atoms with van der Waals surface area (Å²) in [5, 5.41) is 2.93. The number of nitrogens with zero attached hydrogens (tertiary/aromatic N) is 2. The van der Waals surface area contributed by atoms with E-state index in [1.165, 1.54) is 12.1 Å². The molecule has 2 heterocycles. The van der Waals surface area contributed by atoms with Gasteiger partial charge in [-0.25, -0.2) is 9.18 Å². The molecule has 2 aromatic rings. The number of methoxy groups -OCH3 is 1. The molecule has 1 atom stereocenters. The minimum atomic E-state index is -0.875. The third-order valence-corrected chi connectivity index (χ3v) is 5.53. The minimum Gasteiger partial charge on any atom is -0.497 e. The van der Waals surface area contributed by atoms with Crippen LogP contribution in [0.3, 0.4) is 0 Å². The minimum absolute atomic E-state index is 0.200. The van der Waals surface area contributed by atoms with E-state index in [2.05, 4.69) is 10.2 Å². The smallest absolute Gasteiger partial charge is 0.322 e. The number of morpholine rings is 1. The maximum atomic E-state index is 13.2. The standard InChI is InChI=1S/C23H28FN3O4/c1-29-21-5-2-4-20(14-21)25-22(28)27-11-13-31-23(17-27)16-26(10-3-12-30-23)15-18-6-8-19(24)9-7-18/h2,4-9,14H,3,10-13,15-17H2,1H3,(H,25,28). The van der Waals surface area contributed by atoms with Crippen LogP contribution in [0.4, 0.5) is 14.9 Å². The fourth-order valence-electron chi connectivity index (χ4n) is 4.01. The Kier molecular flexibility index (Phi) is 6.70. The molecule has 0 saturated carbocycles. The van der Waals surface area contributed by atoms with Gasteiger partial charge in [0.05, 0.1) is 33.4 Å². The van der Waals surface area contributed by atoms with Gasteiger partial charge >= 0.3 is 6.03 Å². The van der Waals surface area contributed by atoms with Crippen LogP contribution in [0.2, 0.25) is 0 Å². The second kappa shape index (κ2) is 9.64. The zero-order valence-electron chi connectivity index (χ0n) is 17.7. The van der Waals surface area contributed by atoms with Crippen LogP contribution in [0.25, 0.3) is 0 Å². The van der Waals surface area contributed by atoms with Crippen molar-refractivity contribution in [2.24, 2.45) is 0 Å². The third kappa shape index (κ3) is 5.52. The summed E-state index contributed by atoms with van der Waals surface area (Å²) in [6, 6.07) is 13.6. The predicted molar refractivity (Wildman–Crippen MR) is 115 cm³/mol. The Morgan fingerprint density at radius 3 is 2.74 bits per heavy atom. The lowest BCUT2D eigenvalue weighted by atomic mass is 10.1. The number of benzene rings is 2. The third-order valence-electron chi connectivity index (χ3n) is 5.53. The molecule has 0 aliphatic carbocycles. The van der Waals surface area contributed by atoms with Crippen molar-refractivity contribution >= 4 is 11.7 Å². The van der Waals surface area contributed by atoms with Gasteiger partial charge < -0.3 is 24.4 Å². The molecule has 2 aliphatic rings. The lowest BCUT2D eigenvalue weighted by Gasteiger charge is -2.43. The molecule has 1 spiro atoms. The number of hydrogen-bond donors (Lipinski definition) is 1. The van der Waals surface area contributed by atoms with E-state index in [0.717, 1.165) is 18.5 Å². The van der Waals surface area contributed by atoms with Crippen molar-refractivity contribution in [3.63, 3.8) is 0 Å². The summed E-state index contributed by atoms with van der Waals surface area (Å²) in [6.45, 7) is 3.83. The number of carbonyl (C=O) groups is 1. The molecular weight excluding hydrogens is 401 g/mol.